The smallest absolute Gasteiger partial charge is 0.0823 e. The molecule has 1 aromatic heterocycles. The molecule has 0 saturated heterocycles. The molecule has 0 fully saturated rings. The predicted molar refractivity (Wildman–Crippen MR) is 68.1 cm³/mol. The third kappa shape index (κ3) is 3.54. The number of aromatic nitrogens is 2. The first-order chi connectivity index (χ1) is 8.11. The van der Waals surface area contributed by atoms with Crippen LogP contribution in [0, 0.1) is 13.8 Å². The summed E-state index contributed by atoms with van der Waals surface area (Å²) in [7, 11) is 0. The van der Waals surface area contributed by atoms with Gasteiger partial charge in [0.05, 0.1) is 11.8 Å². The highest BCUT2D eigenvalue weighted by Crippen LogP contribution is 2.23. The SMILES string of the molecule is CCOCCCn1nc(C)c(C(O)CC)c1C. The van der Waals surface area contributed by atoms with Gasteiger partial charge in [0, 0.05) is 31.0 Å². The molecule has 0 aliphatic carbocycles. The second kappa shape index (κ2) is 6.77. The van der Waals surface area contributed by atoms with Gasteiger partial charge in [0.15, 0.2) is 0 Å². The Kier molecular flexibility index (Phi) is 5.65. The minimum absolute atomic E-state index is 0.393. The van der Waals surface area contributed by atoms with Crippen molar-refractivity contribution in [2.75, 3.05) is 13.2 Å². The largest absolute Gasteiger partial charge is 0.388 e. The van der Waals surface area contributed by atoms with Crippen molar-refractivity contribution < 1.29 is 9.84 Å². The summed E-state index contributed by atoms with van der Waals surface area (Å²) in [6.07, 6.45) is 1.29. The van der Waals surface area contributed by atoms with Crippen LogP contribution in [0.25, 0.3) is 0 Å². The summed E-state index contributed by atoms with van der Waals surface area (Å²) in [5, 5.41) is 14.4. The third-order valence-corrected chi connectivity index (χ3v) is 3.02. The Balaban J connectivity index is 2.68. The monoisotopic (exact) mass is 240 g/mol. The van der Waals surface area contributed by atoms with Crippen molar-refractivity contribution in [3.05, 3.63) is 17.0 Å². The minimum Gasteiger partial charge on any atom is -0.388 e. The normalized spacial score (nSPS) is 13.0. The molecule has 0 aromatic carbocycles. The van der Waals surface area contributed by atoms with Gasteiger partial charge in [0.25, 0.3) is 0 Å². The Bertz CT molecular complexity index is 347. The summed E-state index contributed by atoms with van der Waals surface area (Å²) in [5.41, 5.74) is 3.01. The molecule has 1 atom stereocenters. The van der Waals surface area contributed by atoms with Gasteiger partial charge in [0.1, 0.15) is 0 Å². The van der Waals surface area contributed by atoms with Gasteiger partial charge < -0.3 is 9.84 Å². The second-order valence-electron chi connectivity index (χ2n) is 4.28. The maximum absolute atomic E-state index is 9.94. The molecule has 0 bridgehead atoms. The average molecular weight is 240 g/mol. The van der Waals surface area contributed by atoms with Crippen molar-refractivity contribution in [2.45, 2.75) is 53.2 Å². The maximum atomic E-state index is 9.94. The lowest BCUT2D eigenvalue weighted by Crippen LogP contribution is -2.07. The van der Waals surface area contributed by atoms with Crippen LogP contribution in [0.3, 0.4) is 0 Å². The molecule has 1 unspecified atom stereocenters. The molecular weight excluding hydrogens is 216 g/mol. The summed E-state index contributed by atoms with van der Waals surface area (Å²) in [6.45, 7) is 10.3. The van der Waals surface area contributed by atoms with E-state index in [1.807, 2.05) is 32.4 Å². The predicted octanol–water partition coefficient (Wildman–Crippen LogP) is 2.37. The quantitative estimate of drug-likeness (QED) is 0.744. The molecule has 1 N–H and O–H groups in total. The van der Waals surface area contributed by atoms with E-state index in [1.54, 1.807) is 0 Å². The molecule has 0 radical (unpaired) electrons. The van der Waals surface area contributed by atoms with Crippen molar-refractivity contribution in [3.63, 3.8) is 0 Å². The summed E-state index contributed by atoms with van der Waals surface area (Å²) in [5.74, 6) is 0. The maximum Gasteiger partial charge on any atom is 0.0823 e. The molecule has 1 rings (SSSR count). The first-order valence-electron chi connectivity index (χ1n) is 6.41. The van der Waals surface area contributed by atoms with E-state index in [-0.39, 0.29) is 0 Å². The Morgan fingerprint density at radius 1 is 1.35 bits per heavy atom. The van der Waals surface area contributed by atoms with Crippen molar-refractivity contribution in [1.29, 1.82) is 0 Å². The fourth-order valence-electron chi connectivity index (χ4n) is 2.08. The Labute approximate surface area is 104 Å². The van der Waals surface area contributed by atoms with Crippen LogP contribution in [-0.4, -0.2) is 28.1 Å². The zero-order valence-corrected chi connectivity index (χ0v) is 11.4. The number of ether oxygens (including phenoxy) is 1. The standard InChI is InChI=1S/C13H24N2O2/c1-5-12(16)13-10(3)14-15(11(13)4)8-7-9-17-6-2/h12,16H,5-9H2,1-4H3. The molecule has 4 nitrogen and oxygen atoms in total. The number of aliphatic hydroxyl groups excluding tert-OH is 1. The van der Waals surface area contributed by atoms with Crippen LogP contribution >= 0.6 is 0 Å². The van der Waals surface area contributed by atoms with E-state index in [0.29, 0.717) is 0 Å². The van der Waals surface area contributed by atoms with Crippen molar-refractivity contribution >= 4 is 0 Å². The van der Waals surface area contributed by atoms with Crippen LogP contribution < -0.4 is 0 Å². The fourth-order valence-corrected chi connectivity index (χ4v) is 2.08. The summed E-state index contributed by atoms with van der Waals surface area (Å²) in [4.78, 5) is 0. The zero-order chi connectivity index (χ0) is 12.8. The number of hydrogen-bond acceptors (Lipinski definition) is 3. The van der Waals surface area contributed by atoms with Gasteiger partial charge in [-0.25, -0.2) is 0 Å². The van der Waals surface area contributed by atoms with Crippen LogP contribution in [0.2, 0.25) is 0 Å². The first-order valence-corrected chi connectivity index (χ1v) is 6.41. The van der Waals surface area contributed by atoms with Crippen molar-refractivity contribution in [3.8, 4) is 0 Å². The van der Waals surface area contributed by atoms with Crippen molar-refractivity contribution in [1.82, 2.24) is 9.78 Å². The van der Waals surface area contributed by atoms with Gasteiger partial charge in [-0.2, -0.15) is 5.10 Å². The Hall–Kier alpha value is -0.870. The lowest BCUT2D eigenvalue weighted by atomic mass is 10.1. The number of hydrogen-bond donors (Lipinski definition) is 1. The van der Waals surface area contributed by atoms with Crippen molar-refractivity contribution in [2.24, 2.45) is 0 Å². The van der Waals surface area contributed by atoms with Crippen LogP contribution in [0.15, 0.2) is 0 Å². The third-order valence-electron chi connectivity index (χ3n) is 3.02. The molecule has 98 valence electrons. The number of aliphatic hydroxyl groups is 1. The van der Waals surface area contributed by atoms with Gasteiger partial charge in [-0.05, 0) is 33.6 Å². The van der Waals surface area contributed by atoms with Crippen LogP contribution in [-0.2, 0) is 11.3 Å². The van der Waals surface area contributed by atoms with Gasteiger partial charge in [-0.1, -0.05) is 6.92 Å². The van der Waals surface area contributed by atoms with Gasteiger partial charge in [-0.15, -0.1) is 0 Å². The number of aryl methyl sites for hydroxylation is 2. The number of nitrogens with zero attached hydrogens (tertiary/aromatic N) is 2. The molecule has 0 aliphatic rings. The summed E-state index contributed by atoms with van der Waals surface area (Å²) < 4.78 is 7.29. The Morgan fingerprint density at radius 2 is 2.06 bits per heavy atom. The van der Waals surface area contributed by atoms with E-state index >= 15 is 0 Å². The zero-order valence-electron chi connectivity index (χ0n) is 11.4. The van der Waals surface area contributed by atoms with E-state index in [0.717, 1.165) is 49.6 Å². The highest BCUT2D eigenvalue weighted by atomic mass is 16.5. The molecule has 17 heavy (non-hydrogen) atoms. The molecule has 0 saturated carbocycles. The van der Waals surface area contributed by atoms with E-state index in [4.69, 9.17) is 4.74 Å². The first kappa shape index (κ1) is 14.2. The van der Waals surface area contributed by atoms with Crippen LogP contribution in [0.4, 0.5) is 0 Å². The molecule has 1 heterocycles. The summed E-state index contributed by atoms with van der Waals surface area (Å²) >= 11 is 0. The topological polar surface area (TPSA) is 47.3 Å². The van der Waals surface area contributed by atoms with Crippen LogP contribution in [0.1, 0.15) is 49.7 Å². The molecular formula is C13H24N2O2. The van der Waals surface area contributed by atoms with Gasteiger partial charge >= 0.3 is 0 Å². The van der Waals surface area contributed by atoms with Gasteiger partial charge in [0.2, 0.25) is 0 Å². The summed E-state index contributed by atoms with van der Waals surface area (Å²) in [6, 6.07) is 0. The van der Waals surface area contributed by atoms with Crippen LogP contribution in [0.5, 0.6) is 0 Å². The molecule has 4 heteroatoms. The average Bonchev–Trinajstić information content (AvgIpc) is 2.59. The molecule has 0 amide bonds. The molecule has 0 aliphatic heterocycles. The highest BCUT2D eigenvalue weighted by Gasteiger charge is 2.17. The highest BCUT2D eigenvalue weighted by molar-refractivity contribution is 5.26. The lowest BCUT2D eigenvalue weighted by Gasteiger charge is -2.09. The Morgan fingerprint density at radius 3 is 2.65 bits per heavy atom. The van der Waals surface area contributed by atoms with E-state index in [2.05, 4.69) is 5.10 Å². The molecule has 1 aromatic rings. The minimum atomic E-state index is -0.393. The number of rotatable bonds is 7. The molecule has 0 spiro atoms. The lowest BCUT2D eigenvalue weighted by molar-refractivity contribution is 0.140. The van der Waals surface area contributed by atoms with E-state index < -0.39 is 6.10 Å². The van der Waals surface area contributed by atoms with E-state index in [1.165, 1.54) is 0 Å². The van der Waals surface area contributed by atoms with E-state index in [9.17, 15) is 5.11 Å². The fraction of sp³-hybridized carbons (Fsp3) is 0.769. The van der Waals surface area contributed by atoms with Gasteiger partial charge in [-0.3, -0.25) is 4.68 Å². The second-order valence-corrected chi connectivity index (χ2v) is 4.28.